The van der Waals surface area contributed by atoms with Crippen LogP contribution in [-0.4, -0.2) is 22.5 Å². The van der Waals surface area contributed by atoms with Crippen LogP contribution in [0.1, 0.15) is 35.7 Å². The molecule has 0 unspecified atom stereocenters. The lowest BCUT2D eigenvalue weighted by molar-refractivity contribution is -0.142. The van der Waals surface area contributed by atoms with Gasteiger partial charge in [-0.05, 0) is 6.92 Å². The highest BCUT2D eigenvalue weighted by Crippen LogP contribution is 2.30. The molecular formula is C10H11F3N2O2. The van der Waals surface area contributed by atoms with Crippen LogP contribution in [0.2, 0.25) is 0 Å². The standard InChI is InChI=1S/C10H11F3N2O2/c1-3-7-14-5-6(9(16)17-4-2)8(15-7)10(11,12)13/h5H,3-4H2,1-2H3. The summed E-state index contributed by atoms with van der Waals surface area (Å²) in [5.41, 5.74) is -1.90. The first-order chi connectivity index (χ1) is 7.90. The maximum absolute atomic E-state index is 12.7. The first-order valence-electron chi connectivity index (χ1n) is 5.00. The SMILES string of the molecule is CCOC(=O)c1cnc(CC)nc1C(F)(F)F. The Morgan fingerprint density at radius 2 is 2.06 bits per heavy atom. The van der Waals surface area contributed by atoms with E-state index in [1.54, 1.807) is 6.92 Å². The lowest BCUT2D eigenvalue weighted by Crippen LogP contribution is -2.19. The summed E-state index contributed by atoms with van der Waals surface area (Å²) in [5.74, 6) is -1.03. The minimum absolute atomic E-state index is 0.00827. The quantitative estimate of drug-likeness (QED) is 0.770. The van der Waals surface area contributed by atoms with Crippen molar-refractivity contribution in [3.63, 3.8) is 0 Å². The Morgan fingerprint density at radius 3 is 2.53 bits per heavy atom. The smallest absolute Gasteiger partial charge is 0.434 e. The Morgan fingerprint density at radius 1 is 1.41 bits per heavy atom. The van der Waals surface area contributed by atoms with E-state index in [4.69, 9.17) is 0 Å². The van der Waals surface area contributed by atoms with Gasteiger partial charge in [0.15, 0.2) is 5.69 Å². The van der Waals surface area contributed by atoms with Crippen LogP contribution in [0.25, 0.3) is 0 Å². The highest BCUT2D eigenvalue weighted by molar-refractivity contribution is 5.90. The number of aromatic nitrogens is 2. The average molecular weight is 248 g/mol. The van der Waals surface area contributed by atoms with Gasteiger partial charge in [0.05, 0.1) is 6.61 Å². The topological polar surface area (TPSA) is 52.1 Å². The Labute approximate surface area is 95.8 Å². The highest BCUT2D eigenvalue weighted by Gasteiger charge is 2.38. The fourth-order valence-corrected chi connectivity index (χ4v) is 1.16. The molecule has 1 heterocycles. The summed E-state index contributed by atoms with van der Waals surface area (Å²) in [4.78, 5) is 18.3. The van der Waals surface area contributed by atoms with Gasteiger partial charge in [0.1, 0.15) is 11.4 Å². The molecule has 0 bridgehead atoms. The van der Waals surface area contributed by atoms with Crippen molar-refractivity contribution in [3.05, 3.63) is 23.3 Å². The summed E-state index contributed by atoms with van der Waals surface area (Å²) in [5, 5.41) is 0. The fraction of sp³-hybridized carbons (Fsp3) is 0.500. The van der Waals surface area contributed by atoms with E-state index in [-0.39, 0.29) is 18.9 Å². The first-order valence-corrected chi connectivity index (χ1v) is 5.00. The predicted molar refractivity (Wildman–Crippen MR) is 52.4 cm³/mol. The van der Waals surface area contributed by atoms with Crippen molar-refractivity contribution in [1.82, 2.24) is 9.97 Å². The lowest BCUT2D eigenvalue weighted by atomic mass is 10.2. The zero-order valence-corrected chi connectivity index (χ0v) is 9.34. The normalized spacial score (nSPS) is 11.4. The lowest BCUT2D eigenvalue weighted by Gasteiger charge is -2.11. The summed E-state index contributed by atoms with van der Waals surface area (Å²) >= 11 is 0. The van der Waals surface area contributed by atoms with E-state index in [0.29, 0.717) is 0 Å². The van der Waals surface area contributed by atoms with Gasteiger partial charge in [-0.15, -0.1) is 0 Å². The number of nitrogens with zero attached hydrogens (tertiary/aromatic N) is 2. The maximum atomic E-state index is 12.7. The highest BCUT2D eigenvalue weighted by atomic mass is 19.4. The number of hydrogen-bond acceptors (Lipinski definition) is 4. The molecule has 1 aromatic rings. The number of aryl methyl sites for hydroxylation is 1. The number of halogens is 3. The molecule has 0 aliphatic carbocycles. The van der Waals surface area contributed by atoms with Gasteiger partial charge in [0, 0.05) is 12.6 Å². The maximum Gasteiger partial charge on any atom is 0.434 e. The minimum atomic E-state index is -4.70. The Bertz CT molecular complexity index is 419. The van der Waals surface area contributed by atoms with Crippen LogP contribution in [0, 0.1) is 0 Å². The van der Waals surface area contributed by atoms with E-state index >= 15 is 0 Å². The molecule has 17 heavy (non-hydrogen) atoms. The number of alkyl halides is 3. The second-order valence-corrected chi connectivity index (χ2v) is 3.12. The van der Waals surface area contributed by atoms with Crippen molar-refractivity contribution in [2.75, 3.05) is 6.61 Å². The van der Waals surface area contributed by atoms with Crippen LogP contribution in [0.3, 0.4) is 0 Å². The second-order valence-electron chi connectivity index (χ2n) is 3.12. The van der Waals surface area contributed by atoms with Crippen molar-refractivity contribution in [2.45, 2.75) is 26.4 Å². The van der Waals surface area contributed by atoms with E-state index in [9.17, 15) is 18.0 Å². The minimum Gasteiger partial charge on any atom is -0.462 e. The first kappa shape index (κ1) is 13.4. The van der Waals surface area contributed by atoms with Gasteiger partial charge < -0.3 is 4.74 Å². The van der Waals surface area contributed by atoms with Gasteiger partial charge in [-0.2, -0.15) is 13.2 Å². The van der Waals surface area contributed by atoms with Crippen LogP contribution in [0.4, 0.5) is 13.2 Å². The molecule has 1 aromatic heterocycles. The summed E-state index contributed by atoms with van der Waals surface area (Å²) in [6.07, 6.45) is -3.59. The Balaban J connectivity index is 3.25. The third-order valence-electron chi connectivity index (χ3n) is 1.92. The second kappa shape index (κ2) is 5.11. The molecule has 0 saturated carbocycles. The average Bonchev–Trinajstić information content (AvgIpc) is 2.27. The molecule has 7 heteroatoms. The molecule has 4 nitrogen and oxygen atoms in total. The molecule has 1 rings (SSSR count). The number of hydrogen-bond donors (Lipinski definition) is 0. The number of carbonyl (C=O) groups is 1. The molecule has 0 aliphatic rings. The molecule has 0 aliphatic heterocycles. The summed E-state index contributed by atoms with van der Waals surface area (Å²) in [6.45, 7) is 3.12. The molecule has 0 amide bonds. The number of rotatable bonds is 3. The van der Waals surface area contributed by atoms with Crippen molar-refractivity contribution < 1.29 is 22.7 Å². The van der Waals surface area contributed by atoms with Gasteiger partial charge in [-0.3, -0.25) is 0 Å². The molecule has 0 radical (unpaired) electrons. The van der Waals surface area contributed by atoms with Crippen LogP contribution in [0.15, 0.2) is 6.20 Å². The summed E-state index contributed by atoms with van der Waals surface area (Å²) in [7, 11) is 0. The Hall–Kier alpha value is -1.66. The molecular weight excluding hydrogens is 237 g/mol. The zero-order chi connectivity index (χ0) is 13.1. The van der Waals surface area contributed by atoms with Crippen LogP contribution in [0.5, 0.6) is 0 Å². The van der Waals surface area contributed by atoms with Crippen molar-refractivity contribution in [3.8, 4) is 0 Å². The Kier molecular flexibility index (Phi) is 4.03. The van der Waals surface area contributed by atoms with Gasteiger partial charge >= 0.3 is 12.1 Å². The third-order valence-corrected chi connectivity index (χ3v) is 1.92. The number of esters is 1. The van der Waals surface area contributed by atoms with Gasteiger partial charge in [-0.25, -0.2) is 14.8 Å². The molecule has 94 valence electrons. The van der Waals surface area contributed by atoms with Gasteiger partial charge in [-0.1, -0.05) is 6.92 Å². The van der Waals surface area contributed by atoms with Crippen molar-refractivity contribution >= 4 is 5.97 Å². The van der Waals surface area contributed by atoms with Crippen LogP contribution < -0.4 is 0 Å². The number of carbonyl (C=O) groups excluding carboxylic acids is 1. The summed E-state index contributed by atoms with van der Waals surface area (Å²) < 4.78 is 42.5. The molecule has 0 fully saturated rings. The van der Waals surface area contributed by atoms with Crippen molar-refractivity contribution in [2.24, 2.45) is 0 Å². The van der Waals surface area contributed by atoms with Crippen LogP contribution >= 0.6 is 0 Å². The van der Waals surface area contributed by atoms with E-state index in [2.05, 4.69) is 14.7 Å². The third kappa shape index (κ3) is 3.15. The van der Waals surface area contributed by atoms with Gasteiger partial charge in [0.25, 0.3) is 0 Å². The van der Waals surface area contributed by atoms with Crippen molar-refractivity contribution in [1.29, 1.82) is 0 Å². The van der Waals surface area contributed by atoms with Gasteiger partial charge in [0.2, 0.25) is 0 Å². The molecule has 0 atom stereocenters. The van der Waals surface area contributed by atoms with E-state index in [1.807, 2.05) is 0 Å². The fourth-order valence-electron chi connectivity index (χ4n) is 1.16. The molecule has 0 saturated heterocycles. The molecule has 0 N–H and O–H groups in total. The van der Waals surface area contributed by atoms with E-state index in [0.717, 1.165) is 6.20 Å². The largest absolute Gasteiger partial charge is 0.462 e. The van der Waals surface area contributed by atoms with Crippen LogP contribution in [-0.2, 0) is 17.3 Å². The molecule has 0 aromatic carbocycles. The predicted octanol–water partition coefficient (Wildman–Crippen LogP) is 2.23. The van der Waals surface area contributed by atoms with E-state index in [1.165, 1.54) is 6.92 Å². The van der Waals surface area contributed by atoms with E-state index < -0.39 is 23.4 Å². The number of ether oxygens (including phenoxy) is 1. The monoisotopic (exact) mass is 248 g/mol. The summed E-state index contributed by atoms with van der Waals surface area (Å²) in [6, 6.07) is 0. The zero-order valence-electron chi connectivity index (χ0n) is 9.34. The molecule has 0 spiro atoms.